The highest BCUT2D eigenvalue weighted by Crippen LogP contribution is 2.38. The van der Waals surface area contributed by atoms with Crippen molar-refractivity contribution < 1.29 is 28.6 Å². The molecule has 0 unspecified atom stereocenters. The molecule has 6 heterocycles. The van der Waals surface area contributed by atoms with Gasteiger partial charge in [0.1, 0.15) is 16.8 Å². The fraction of sp³-hybridized carbons (Fsp3) is 0.914. The van der Waals surface area contributed by atoms with Gasteiger partial charge in [0.25, 0.3) is 0 Å². The van der Waals surface area contributed by atoms with Crippen LogP contribution >= 0.6 is 0 Å². The van der Waals surface area contributed by atoms with Crippen LogP contribution in [0.5, 0.6) is 0 Å². The van der Waals surface area contributed by atoms with Crippen LogP contribution in [0.1, 0.15) is 88.5 Å². The summed E-state index contributed by atoms with van der Waals surface area (Å²) in [5.41, 5.74) is -0.942. The molecule has 0 bridgehead atoms. The van der Waals surface area contributed by atoms with E-state index in [1.54, 1.807) is 0 Å². The van der Waals surface area contributed by atoms with E-state index in [4.69, 9.17) is 14.2 Å². The van der Waals surface area contributed by atoms with Gasteiger partial charge in [0.2, 0.25) is 0 Å². The molecule has 6 atom stereocenters. The van der Waals surface area contributed by atoms with Crippen molar-refractivity contribution in [3.8, 4) is 0 Å². The van der Waals surface area contributed by atoms with E-state index in [0.717, 1.165) is 71.9 Å². The predicted molar refractivity (Wildman–Crippen MR) is 182 cm³/mol. The second-order valence-corrected chi connectivity index (χ2v) is 17.6. The largest absolute Gasteiger partial charge is 0.444 e. The number of nitrogens with zero attached hydrogens (tertiary/aromatic N) is 3. The third-order valence-electron chi connectivity index (χ3n) is 9.88. The quantitative estimate of drug-likeness (QED) is 0.326. The first-order chi connectivity index (χ1) is 21.7. The van der Waals surface area contributed by atoms with Gasteiger partial charge < -0.3 is 44.9 Å². The zero-order chi connectivity index (χ0) is 34.8. The number of likely N-dealkylation sites (tertiary alicyclic amines) is 3. The van der Waals surface area contributed by atoms with Crippen LogP contribution in [0, 0.1) is 23.2 Å². The maximum Gasteiger partial charge on any atom is 0.410 e. The Labute approximate surface area is 283 Å². The summed E-state index contributed by atoms with van der Waals surface area (Å²) in [6.45, 7) is 28.7. The molecule has 6 aliphatic rings. The monoisotopic (exact) mass is 664 g/mol. The van der Waals surface area contributed by atoms with E-state index in [9.17, 15) is 14.4 Å². The van der Waals surface area contributed by atoms with Gasteiger partial charge in [0.05, 0.1) is 6.04 Å². The maximum absolute atomic E-state index is 12.0. The Morgan fingerprint density at radius 2 is 1.19 bits per heavy atom. The molecule has 12 heteroatoms. The van der Waals surface area contributed by atoms with Gasteiger partial charge in [-0.3, -0.25) is 0 Å². The SMILES string of the molecule is CC(C)(C)OC(=O)N1CC[C@@H]2CNC[C@@H]21.CC(C)(C)OC(=O)N1C[C@H]2CNC[C@H]2C1.CC(C)(C)OC(=O)N1C[C@H]2NCCC[C@@]2(C)C1. The summed E-state index contributed by atoms with van der Waals surface area (Å²) in [5, 5.41) is 10.2. The molecule has 0 aliphatic carbocycles. The molecule has 6 rings (SSSR count). The van der Waals surface area contributed by atoms with Gasteiger partial charge in [-0.05, 0) is 106 Å². The highest BCUT2D eigenvalue weighted by molar-refractivity contribution is 5.70. The standard InChI is InChI=1S/C13H24N2O2.2C11H20N2O2/c1-12(2,3)17-11(16)15-8-10-13(4,9-15)6-5-7-14-10;1-11(2,3)15-10(14)13-6-8-4-12-5-9(8)7-13;1-11(2,3)15-10(14)13-5-4-8-6-12-7-9(8)13/h10,14H,5-9H2,1-4H3;2*8-9,12H,4-7H2,1-3H3/t10-,13+;2*8-,9+/m1.1/s1. The molecule has 3 N–H and O–H groups in total. The van der Waals surface area contributed by atoms with Crippen molar-refractivity contribution in [2.24, 2.45) is 23.2 Å². The number of hydrogen-bond donors (Lipinski definition) is 3. The summed E-state index contributed by atoms with van der Waals surface area (Å²) in [4.78, 5) is 41.3. The Balaban J connectivity index is 0.000000160. The van der Waals surface area contributed by atoms with E-state index in [-0.39, 0.29) is 34.9 Å². The lowest BCUT2D eigenvalue weighted by molar-refractivity contribution is 0.0224. The highest BCUT2D eigenvalue weighted by atomic mass is 16.6. The third-order valence-corrected chi connectivity index (χ3v) is 9.88. The van der Waals surface area contributed by atoms with Gasteiger partial charge in [0, 0.05) is 70.4 Å². The van der Waals surface area contributed by atoms with Crippen LogP contribution in [0.15, 0.2) is 0 Å². The van der Waals surface area contributed by atoms with E-state index in [0.29, 0.717) is 29.8 Å². The van der Waals surface area contributed by atoms with Gasteiger partial charge in [-0.2, -0.15) is 0 Å². The van der Waals surface area contributed by atoms with Crippen LogP contribution in [-0.4, -0.2) is 127 Å². The Hall–Kier alpha value is -2.31. The van der Waals surface area contributed by atoms with Crippen LogP contribution in [0.3, 0.4) is 0 Å². The van der Waals surface area contributed by atoms with Gasteiger partial charge >= 0.3 is 18.3 Å². The van der Waals surface area contributed by atoms with Crippen molar-refractivity contribution in [2.75, 3.05) is 65.4 Å². The zero-order valence-electron chi connectivity index (χ0n) is 30.9. The molecule has 3 amide bonds. The normalized spacial score (nSPS) is 31.5. The van der Waals surface area contributed by atoms with Crippen LogP contribution < -0.4 is 16.0 Å². The van der Waals surface area contributed by atoms with Gasteiger partial charge in [-0.25, -0.2) is 14.4 Å². The number of hydrogen-bond acceptors (Lipinski definition) is 9. The maximum atomic E-state index is 12.0. The lowest BCUT2D eigenvalue weighted by Crippen LogP contribution is -2.47. The molecule has 0 aromatic rings. The van der Waals surface area contributed by atoms with Crippen molar-refractivity contribution >= 4 is 18.3 Å². The Morgan fingerprint density at radius 1 is 0.681 bits per heavy atom. The number of carbonyl (C=O) groups is 3. The first-order valence-electron chi connectivity index (χ1n) is 17.8. The minimum atomic E-state index is -0.404. The molecule has 12 nitrogen and oxygen atoms in total. The summed E-state index contributed by atoms with van der Waals surface area (Å²) in [5.74, 6) is 1.91. The second-order valence-electron chi connectivity index (χ2n) is 17.6. The third kappa shape index (κ3) is 10.6. The number of fused-ring (bicyclic) bond motifs is 3. The molecule has 6 fully saturated rings. The summed E-state index contributed by atoms with van der Waals surface area (Å²) in [6, 6.07) is 0.795. The molecule has 0 aromatic heterocycles. The first-order valence-corrected chi connectivity index (χ1v) is 17.8. The molecular formula is C35H64N6O6. The minimum Gasteiger partial charge on any atom is -0.444 e. The Morgan fingerprint density at radius 3 is 1.74 bits per heavy atom. The fourth-order valence-corrected chi connectivity index (χ4v) is 7.58. The number of nitrogens with one attached hydrogen (secondary N) is 3. The molecule has 0 aromatic carbocycles. The summed E-state index contributed by atoms with van der Waals surface area (Å²) >= 11 is 0. The zero-order valence-corrected chi connectivity index (χ0v) is 30.9. The molecular weight excluding hydrogens is 600 g/mol. The van der Waals surface area contributed by atoms with Crippen LogP contribution in [0.25, 0.3) is 0 Å². The fourth-order valence-electron chi connectivity index (χ4n) is 7.58. The lowest BCUT2D eigenvalue weighted by Gasteiger charge is -2.35. The number of piperidine rings is 1. The van der Waals surface area contributed by atoms with Crippen molar-refractivity contribution in [3.05, 3.63) is 0 Å². The highest BCUT2D eigenvalue weighted by Gasteiger charge is 2.47. The van der Waals surface area contributed by atoms with Gasteiger partial charge in [-0.1, -0.05) is 6.92 Å². The van der Waals surface area contributed by atoms with E-state index in [2.05, 4.69) is 22.9 Å². The first kappa shape index (κ1) is 37.5. The lowest BCUT2D eigenvalue weighted by atomic mass is 9.78. The van der Waals surface area contributed by atoms with E-state index >= 15 is 0 Å². The van der Waals surface area contributed by atoms with Gasteiger partial charge in [0.15, 0.2) is 0 Å². The molecule has 0 saturated carbocycles. The van der Waals surface area contributed by atoms with Gasteiger partial charge in [-0.15, -0.1) is 0 Å². The van der Waals surface area contributed by atoms with Crippen molar-refractivity contribution in [1.82, 2.24) is 30.7 Å². The van der Waals surface area contributed by atoms with Crippen molar-refractivity contribution in [2.45, 2.75) is 117 Å². The molecule has 6 saturated heterocycles. The van der Waals surface area contributed by atoms with E-state index < -0.39 is 5.60 Å². The number of ether oxygens (including phenoxy) is 3. The van der Waals surface area contributed by atoms with Crippen molar-refractivity contribution in [3.63, 3.8) is 0 Å². The van der Waals surface area contributed by atoms with E-state index in [1.165, 1.54) is 12.8 Å². The van der Waals surface area contributed by atoms with Crippen LogP contribution in [-0.2, 0) is 14.2 Å². The smallest absolute Gasteiger partial charge is 0.410 e. The predicted octanol–water partition coefficient (Wildman–Crippen LogP) is 4.28. The molecule has 0 radical (unpaired) electrons. The number of rotatable bonds is 0. The molecule has 47 heavy (non-hydrogen) atoms. The number of amides is 3. The Kier molecular flexibility index (Phi) is 11.7. The summed E-state index contributed by atoms with van der Waals surface area (Å²) < 4.78 is 16.2. The molecule has 6 aliphatic heterocycles. The number of carbonyl (C=O) groups excluding carboxylic acids is 3. The Bertz CT molecular complexity index is 1090. The average molecular weight is 665 g/mol. The van der Waals surface area contributed by atoms with Crippen molar-refractivity contribution in [1.29, 1.82) is 0 Å². The minimum absolute atomic E-state index is 0.154. The summed E-state index contributed by atoms with van der Waals surface area (Å²) in [7, 11) is 0. The summed E-state index contributed by atoms with van der Waals surface area (Å²) in [6.07, 6.45) is 3.03. The molecule has 0 spiro atoms. The van der Waals surface area contributed by atoms with Crippen LogP contribution in [0.4, 0.5) is 14.4 Å². The van der Waals surface area contributed by atoms with E-state index in [1.807, 2.05) is 77.0 Å². The topological polar surface area (TPSA) is 125 Å². The molecule has 270 valence electrons. The average Bonchev–Trinajstić information content (AvgIpc) is 3.71. The van der Waals surface area contributed by atoms with Crippen LogP contribution in [0.2, 0.25) is 0 Å². The second kappa shape index (κ2) is 14.7.